The molecular weight excluding hydrogens is 354 g/mol. The zero-order valence-corrected chi connectivity index (χ0v) is 17.1. The summed E-state index contributed by atoms with van der Waals surface area (Å²) in [5.41, 5.74) is 4.57. The van der Waals surface area contributed by atoms with Crippen LogP contribution in [0.25, 0.3) is 22.6 Å². The van der Waals surface area contributed by atoms with Crippen molar-refractivity contribution in [1.82, 2.24) is 23.1 Å². The van der Waals surface area contributed by atoms with Crippen molar-refractivity contribution in [2.75, 3.05) is 0 Å². The van der Waals surface area contributed by atoms with Crippen LogP contribution in [0.3, 0.4) is 0 Å². The molecule has 0 atom stereocenters. The predicted molar refractivity (Wildman–Crippen MR) is 111 cm³/mol. The van der Waals surface area contributed by atoms with Gasteiger partial charge in [0.1, 0.15) is 0 Å². The Labute approximate surface area is 162 Å². The number of nitrogens with zero attached hydrogens (tertiary/aromatic N) is 5. The van der Waals surface area contributed by atoms with Crippen molar-refractivity contribution in [1.29, 1.82) is 0 Å². The molecule has 1 aromatic carbocycles. The van der Waals surface area contributed by atoms with E-state index in [1.165, 1.54) is 20.3 Å². The number of fused-ring (bicyclic) bond motifs is 3. The van der Waals surface area contributed by atoms with Gasteiger partial charge in [-0.2, -0.15) is 4.98 Å². The number of hydrogen-bond donors (Lipinski definition) is 0. The number of aryl methyl sites for hydroxylation is 4. The van der Waals surface area contributed by atoms with Crippen LogP contribution in [0.4, 0.5) is 0 Å². The molecule has 0 saturated carbocycles. The summed E-state index contributed by atoms with van der Waals surface area (Å²) in [5, 5.41) is 0. The van der Waals surface area contributed by atoms with Crippen molar-refractivity contribution in [3.8, 4) is 5.69 Å². The molecule has 0 unspecified atom stereocenters. The summed E-state index contributed by atoms with van der Waals surface area (Å²) in [4.78, 5) is 30.5. The molecule has 4 rings (SSSR count). The molecule has 0 aliphatic rings. The highest BCUT2D eigenvalue weighted by Crippen LogP contribution is 2.22. The first-order chi connectivity index (χ1) is 13.2. The molecular formula is C21H25N5O2. The molecule has 0 fully saturated rings. The van der Waals surface area contributed by atoms with E-state index in [2.05, 4.69) is 31.0 Å². The van der Waals surface area contributed by atoms with Gasteiger partial charge in [-0.05, 0) is 49.9 Å². The largest absolute Gasteiger partial charge is 0.332 e. The first-order valence-electron chi connectivity index (χ1n) is 9.48. The first kappa shape index (κ1) is 18.3. The van der Waals surface area contributed by atoms with E-state index in [4.69, 9.17) is 0 Å². The fourth-order valence-electron chi connectivity index (χ4n) is 3.72. The Morgan fingerprint density at radius 2 is 1.79 bits per heavy atom. The molecule has 146 valence electrons. The standard InChI is InChI=1S/C21H25N5O2/c1-12(2)10-25-19(27)17-18(23(6)21(25)28)22-20-24(17)11-15(5)26(20)16-8-7-13(3)14(4)9-16/h7-9,11-12H,10H2,1-6H3. The maximum Gasteiger partial charge on any atom is 0.332 e. The quantitative estimate of drug-likeness (QED) is 0.550. The van der Waals surface area contributed by atoms with Gasteiger partial charge < -0.3 is 0 Å². The normalized spacial score (nSPS) is 12.0. The van der Waals surface area contributed by atoms with Crippen LogP contribution < -0.4 is 11.2 Å². The third-order valence-corrected chi connectivity index (χ3v) is 5.32. The molecule has 4 aromatic rings. The summed E-state index contributed by atoms with van der Waals surface area (Å²) in [6, 6.07) is 6.23. The van der Waals surface area contributed by atoms with Crippen LogP contribution in [0.1, 0.15) is 30.7 Å². The average molecular weight is 379 g/mol. The Hall–Kier alpha value is -3.09. The number of benzene rings is 1. The minimum Gasteiger partial charge on any atom is -0.283 e. The van der Waals surface area contributed by atoms with E-state index < -0.39 is 0 Å². The SMILES string of the molecule is Cc1ccc(-n2c(C)cn3c4c(=O)n(CC(C)C)c(=O)n(C)c4nc23)cc1C. The summed E-state index contributed by atoms with van der Waals surface area (Å²) in [6.07, 6.45) is 1.91. The molecule has 7 nitrogen and oxygen atoms in total. The van der Waals surface area contributed by atoms with Crippen molar-refractivity contribution in [2.45, 2.75) is 41.2 Å². The van der Waals surface area contributed by atoms with Gasteiger partial charge in [0, 0.05) is 31.2 Å². The van der Waals surface area contributed by atoms with Crippen LogP contribution >= 0.6 is 0 Å². The van der Waals surface area contributed by atoms with E-state index in [0.29, 0.717) is 23.5 Å². The lowest BCUT2D eigenvalue weighted by molar-refractivity contribution is 0.484. The third kappa shape index (κ3) is 2.53. The van der Waals surface area contributed by atoms with Gasteiger partial charge in [-0.1, -0.05) is 19.9 Å². The van der Waals surface area contributed by atoms with Crippen LogP contribution in [0.2, 0.25) is 0 Å². The lowest BCUT2D eigenvalue weighted by atomic mass is 10.1. The topological polar surface area (TPSA) is 66.2 Å². The van der Waals surface area contributed by atoms with Crippen LogP contribution in [0.15, 0.2) is 34.0 Å². The van der Waals surface area contributed by atoms with Crippen molar-refractivity contribution >= 4 is 16.9 Å². The molecule has 0 saturated heterocycles. The van der Waals surface area contributed by atoms with Gasteiger partial charge in [-0.15, -0.1) is 0 Å². The lowest BCUT2D eigenvalue weighted by Crippen LogP contribution is -2.40. The number of aromatic nitrogens is 5. The lowest BCUT2D eigenvalue weighted by Gasteiger charge is -2.10. The van der Waals surface area contributed by atoms with E-state index in [1.54, 1.807) is 11.4 Å². The number of rotatable bonds is 3. The van der Waals surface area contributed by atoms with Crippen molar-refractivity contribution < 1.29 is 0 Å². The zero-order valence-electron chi connectivity index (χ0n) is 17.1. The van der Waals surface area contributed by atoms with Crippen LogP contribution in [0.5, 0.6) is 0 Å². The molecule has 0 aliphatic carbocycles. The average Bonchev–Trinajstić information content (AvgIpc) is 3.14. The van der Waals surface area contributed by atoms with E-state index >= 15 is 0 Å². The van der Waals surface area contributed by atoms with Crippen molar-refractivity contribution in [2.24, 2.45) is 13.0 Å². The Balaban J connectivity index is 2.10. The van der Waals surface area contributed by atoms with E-state index in [9.17, 15) is 9.59 Å². The molecule has 3 aromatic heterocycles. The second kappa shape index (κ2) is 6.22. The minimum absolute atomic E-state index is 0.188. The highest BCUT2D eigenvalue weighted by atomic mass is 16.2. The Morgan fingerprint density at radius 1 is 1.07 bits per heavy atom. The molecule has 3 heterocycles. The van der Waals surface area contributed by atoms with Crippen LogP contribution in [-0.4, -0.2) is 23.1 Å². The van der Waals surface area contributed by atoms with Crippen molar-refractivity contribution in [3.63, 3.8) is 0 Å². The van der Waals surface area contributed by atoms with Gasteiger partial charge >= 0.3 is 5.69 Å². The fourth-order valence-corrected chi connectivity index (χ4v) is 3.72. The summed E-state index contributed by atoms with van der Waals surface area (Å²) >= 11 is 0. The van der Waals surface area contributed by atoms with E-state index in [-0.39, 0.29) is 17.2 Å². The molecule has 28 heavy (non-hydrogen) atoms. The summed E-state index contributed by atoms with van der Waals surface area (Å²) in [6.45, 7) is 10.5. The van der Waals surface area contributed by atoms with Gasteiger partial charge in [0.25, 0.3) is 5.56 Å². The third-order valence-electron chi connectivity index (χ3n) is 5.32. The van der Waals surface area contributed by atoms with Gasteiger partial charge in [-0.3, -0.25) is 22.9 Å². The van der Waals surface area contributed by atoms with E-state index in [1.807, 2.05) is 37.6 Å². The van der Waals surface area contributed by atoms with Crippen LogP contribution in [0, 0.1) is 26.7 Å². The monoisotopic (exact) mass is 379 g/mol. The molecule has 0 radical (unpaired) electrons. The zero-order chi connectivity index (χ0) is 20.3. The molecule has 0 amide bonds. The Morgan fingerprint density at radius 3 is 2.43 bits per heavy atom. The highest BCUT2D eigenvalue weighted by molar-refractivity contribution is 5.76. The Kier molecular flexibility index (Phi) is 4.06. The number of hydrogen-bond acceptors (Lipinski definition) is 3. The summed E-state index contributed by atoms with van der Waals surface area (Å²) in [7, 11) is 1.67. The van der Waals surface area contributed by atoms with Gasteiger partial charge in [0.15, 0.2) is 11.2 Å². The van der Waals surface area contributed by atoms with E-state index in [0.717, 1.165) is 11.4 Å². The fraction of sp³-hybridized carbons (Fsp3) is 0.381. The van der Waals surface area contributed by atoms with Gasteiger partial charge in [0.2, 0.25) is 5.78 Å². The second-order valence-electron chi connectivity index (χ2n) is 7.98. The van der Waals surface area contributed by atoms with Crippen LogP contribution in [-0.2, 0) is 13.6 Å². The Bertz CT molecular complexity index is 1350. The molecule has 0 spiro atoms. The summed E-state index contributed by atoms with van der Waals surface area (Å²) < 4.78 is 6.59. The minimum atomic E-state index is -0.332. The maximum absolute atomic E-state index is 13.1. The maximum atomic E-state index is 13.1. The smallest absolute Gasteiger partial charge is 0.283 e. The number of imidazole rings is 2. The summed E-state index contributed by atoms with van der Waals surface area (Å²) in [5.74, 6) is 0.818. The predicted octanol–water partition coefficient (Wildman–Crippen LogP) is 2.72. The van der Waals surface area contributed by atoms with Crippen molar-refractivity contribution in [3.05, 3.63) is 62.1 Å². The first-order valence-corrected chi connectivity index (χ1v) is 9.48. The molecule has 0 bridgehead atoms. The molecule has 0 aliphatic heterocycles. The molecule has 0 N–H and O–H groups in total. The second-order valence-corrected chi connectivity index (χ2v) is 7.98. The van der Waals surface area contributed by atoms with Gasteiger partial charge in [0.05, 0.1) is 0 Å². The highest BCUT2D eigenvalue weighted by Gasteiger charge is 2.21. The molecule has 7 heteroatoms. The van der Waals surface area contributed by atoms with Gasteiger partial charge in [-0.25, -0.2) is 4.79 Å².